The summed E-state index contributed by atoms with van der Waals surface area (Å²) >= 11 is 0. The fraction of sp³-hybridized carbons (Fsp3) is 0.462. The van der Waals surface area contributed by atoms with Crippen molar-refractivity contribution in [3.05, 3.63) is 24.3 Å². The molecule has 21 heavy (non-hydrogen) atoms. The van der Waals surface area contributed by atoms with Crippen LogP contribution in [0.4, 0.5) is 5.69 Å². The molecule has 0 bridgehead atoms. The summed E-state index contributed by atoms with van der Waals surface area (Å²) in [6.45, 7) is 2.61. The van der Waals surface area contributed by atoms with Crippen LogP contribution >= 0.6 is 0 Å². The van der Waals surface area contributed by atoms with Crippen LogP contribution in [-0.2, 0) is 19.6 Å². The fourth-order valence-corrected chi connectivity index (χ4v) is 2.53. The maximum Gasteiger partial charge on any atom is 0.306 e. The van der Waals surface area contributed by atoms with E-state index in [0.29, 0.717) is 24.6 Å². The Bertz CT molecular complexity index is 559. The molecule has 0 unspecified atom stereocenters. The largest absolute Gasteiger partial charge is 0.492 e. The van der Waals surface area contributed by atoms with Crippen LogP contribution in [0.3, 0.4) is 0 Å². The Labute approximate surface area is 124 Å². The quantitative estimate of drug-likeness (QED) is 0.650. The molecule has 1 aromatic carbocycles. The van der Waals surface area contributed by atoms with Gasteiger partial charge in [-0.05, 0) is 19.1 Å². The molecule has 0 spiro atoms. The number of hydrogen-bond acceptors (Lipinski definition) is 6. The first-order valence-corrected chi connectivity index (χ1v) is 8.21. The third-order valence-electron chi connectivity index (χ3n) is 2.37. The van der Waals surface area contributed by atoms with E-state index in [2.05, 4.69) is 9.46 Å². The molecule has 1 aromatic rings. The molecule has 0 aliphatic carbocycles. The molecule has 0 saturated carbocycles. The van der Waals surface area contributed by atoms with Gasteiger partial charge in [-0.25, -0.2) is 8.42 Å². The number of esters is 1. The number of rotatable bonds is 9. The molecular weight excluding hydrogens is 296 g/mol. The van der Waals surface area contributed by atoms with Crippen LogP contribution in [0.1, 0.15) is 13.3 Å². The van der Waals surface area contributed by atoms with Crippen molar-refractivity contribution in [3.63, 3.8) is 0 Å². The first-order valence-electron chi connectivity index (χ1n) is 6.56. The normalized spacial score (nSPS) is 11.0. The summed E-state index contributed by atoms with van der Waals surface area (Å²) in [6.07, 6.45) is -0.188. The summed E-state index contributed by atoms with van der Waals surface area (Å²) in [7, 11) is -3.62. The molecule has 3 N–H and O–H groups in total. The van der Waals surface area contributed by atoms with Gasteiger partial charge in [-0.1, -0.05) is 6.07 Å². The van der Waals surface area contributed by atoms with E-state index in [1.165, 1.54) is 0 Å². The molecular formula is C13H20N2O5S. The van der Waals surface area contributed by atoms with Gasteiger partial charge in [-0.15, -0.1) is 0 Å². The van der Waals surface area contributed by atoms with Crippen LogP contribution in [0, 0.1) is 0 Å². The maximum absolute atomic E-state index is 11.9. The Balaban J connectivity index is 2.60. The smallest absolute Gasteiger partial charge is 0.306 e. The van der Waals surface area contributed by atoms with E-state index < -0.39 is 16.0 Å². The van der Waals surface area contributed by atoms with Crippen LogP contribution < -0.4 is 15.2 Å². The summed E-state index contributed by atoms with van der Waals surface area (Å²) in [5.74, 6) is -0.353. The van der Waals surface area contributed by atoms with Crippen molar-refractivity contribution >= 4 is 21.7 Å². The van der Waals surface area contributed by atoms with Crippen molar-refractivity contribution in [1.29, 1.82) is 0 Å². The lowest BCUT2D eigenvalue weighted by Crippen LogP contribution is -2.20. The minimum atomic E-state index is -3.62. The zero-order chi connectivity index (χ0) is 15.7. The first kappa shape index (κ1) is 17.3. The van der Waals surface area contributed by atoms with Gasteiger partial charge in [0.05, 0.1) is 24.5 Å². The van der Waals surface area contributed by atoms with Crippen molar-refractivity contribution in [3.8, 4) is 5.75 Å². The average molecular weight is 316 g/mol. The number of nitrogens with one attached hydrogen (secondary N) is 1. The predicted octanol–water partition coefficient (Wildman–Crippen LogP) is 0.719. The topological polar surface area (TPSA) is 108 Å². The van der Waals surface area contributed by atoms with E-state index in [-0.39, 0.29) is 18.8 Å². The Hall–Kier alpha value is -1.80. The monoisotopic (exact) mass is 316 g/mol. The fourth-order valence-electron chi connectivity index (χ4n) is 1.51. The summed E-state index contributed by atoms with van der Waals surface area (Å²) in [5.41, 5.74) is 5.70. The van der Waals surface area contributed by atoms with Gasteiger partial charge < -0.3 is 15.2 Å². The van der Waals surface area contributed by atoms with Crippen molar-refractivity contribution in [2.45, 2.75) is 13.3 Å². The van der Waals surface area contributed by atoms with Crippen LogP contribution in [0.5, 0.6) is 5.75 Å². The van der Waals surface area contributed by atoms with Crippen LogP contribution in [-0.4, -0.2) is 39.9 Å². The second-order valence-corrected chi connectivity index (χ2v) is 5.98. The molecule has 7 nitrogen and oxygen atoms in total. The van der Waals surface area contributed by atoms with E-state index in [1.807, 2.05) is 0 Å². The SMILES string of the molecule is CCOC(=O)CCS(=O)(=O)Nc1cccc(OCCN)c1. The zero-order valence-electron chi connectivity index (χ0n) is 11.9. The molecule has 0 amide bonds. The van der Waals surface area contributed by atoms with E-state index in [9.17, 15) is 13.2 Å². The van der Waals surface area contributed by atoms with E-state index in [0.717, 1.165) is 0 Å². The van der Waals surface area contributed by atoms with Gasteiger partial charge in [0.25, 0.3) is 0 Å². The molecule has 0 heterocycles. The van der Waals surface area contributed by atoms with Gasteiger partial charge in [0, 0.05) is 12.6 Å². The van der Waals surface area contributed by atoms with Crippen molar-refractivity contribution < 1.29 is 22.7 Å². The number of hydrogen-bond donors (Lipinski definition) is 2. The molecule has 8 heteroatoms. The van der Waals surface area contributed by atoms with E-state index in [1.54, 1.807) is 31.2 Å². The highest BCUT2D eigenvalue weighted by molar-refractivity contribution is 7.92. The van der Waals surface area contributed by atoms with Crippen molar-refractivity contribution in [2.24, 2.45) is 5.73 Å². The summed E-state index contributed by atoms with van der Waals surface area (Å²) < 4.78 is 36.1. The molecule has 1 rings (SSSR count). The highest BCUT2D eigenvalue weighted by Gasteiger charge is 2.14. The molecule has 0 aromatic heterocycles. The molecule has 0 radical (unpaired) electrons. The highest BCUT2D eigenvalue weighted by Crippen LogP contribution is 2.18. The lowest BCUT2D eigenvalue weighted by Gasteiger charge is -2.10. The van der Waals surface area contributed by atoms with Gasteiger partial charge in [0.15, 0.2) is 0 Å². The number of carbonyl (C=O) groups excluding carboxylic acids is 1. The summed E-state index contributed by atoms with van der Waals surface area (Å²) in [5, 5.41) is 0. The van der Waals surface area contributed by atoms with Gasteiger partial charge in [0.2, 0.25) is 10.0 Å². The molecule has 0 atom stereocenters. The molecule has 0 aliphatic rings. The highest BCUT2D eigenvalue weighted by atomic mass is 32.2. The van der Waals surface area contributed by atoms with Crippen LogP contribution in [0.2, 0.25) is 0 Å². The number of ether oxygens (including phenoxy) is 2. The first-order chi connectivity index (χ1) is 9.96. The number of anilines is 1. The Kier molecular flexibility index (Phi) is 6.97. The van der Waals surface area contributed by atoms with Crippen molar-refractivity contribution in [2.75, 3.05) is 30.2 Å². The van der Waals surface area contributed by atoms with Gasteiger partial charge in [-0.3, -0.25) is 9.52 Å². The molecule has 0 saturated heterocycles. The molecule has 0 fully saturated rings. The molecule has 118 valence electrons. The average Bonchev–Trinajstić information content (AvgIpc) is 2.43. The van der Waals surface area contributed by atoms with Crippen LogP contribution in [0.25, 0.3) is 0 Å². The third kappa shape index (κ3) is 6.96. The van der Waals surface area contributed by atoms with E-state index >= 15 is 0 Å². The lowest BCUT2D eigenvalue weighted by molar-refractivity contribution is -0.142. The minimum absolute atomic E-state index is 0.188. The second kappa shape index (κ2) is 8.48. The summed E-state index contributed by atoms with van der Waals surface area (Å²) in [6, 6.07) is 6.51. The molecule has 0 aliphatic heterocycles. The van der Waals surface area contributed by atoms with E-state index in [4.69, 9.17) is 10.5 Å². The summed E-state index contributed by atoms with van der Waals surface area (Å²) in [4.78, 5) is 11.2. The third-order valence-corrected chi connectivity index (χ3v) is 3.66. The van der Waals surface area contributed by atoms with Gasteiger partial charge in [-0.2, -0.15) is 0 Å². The number of sulfonamides is 1. The Morgan fingerprint density at radius 3 is 2.81 bits per heavy atom. The number of carbonyl (C=O) groups is 1. The Morgan fingerprint density at radius 2 is 2.14 bits per heavy atom. The number of nitrogens with two attached hydrogens (primary N) is 1. The number of benzene rings is 1. The van der Waals surface area contributed by atoms with Gasteiger partial charge >= 0.3 is 5.97 Å². The standard InChI is InChI=1S/C13H20N2O5S/c1-2-19-13(16)6-9-21(17,18)15-11-4-3-5-12(10-11)20-8-7-14/h3-5,10,15H,2,6-9,14H2,1H3. The predicted molar refractivity (Wildman–Crippen MR) is 79.7 cm³/mol. The van der Waals surface area contributed by atoms with Crippen molar-refractivity contribution in [1.82, 2.24) is 0 Å². The van der Waals surface area contributed by atoms with Gasteiger partial charge in [0.1, 0.15) is 12.4 Å². The minimum Gasteiger partial charge on any atom is -0.492 e. The zero-order valence-corrected chi connectivity index (χ0v) is 12.7. The lowest BCUT2D eigenvalue weighted by atomic mass is 10.3. The second-order valence-electron chi connectivity index (χ2n) is 4.14. The maximum atomic E-state index is 11.9. The Morgan fingerprint density at radius 1 is 1.38 bits per heavy atom. The van der Waals surface area contributed by atoms with Crippen LogP contribution in [0.15, 0.2) is 24.3 Å².